The summed E-state index contributed by atoms with van der Waals surface area (Å²) in [5.41, 5.74) is -0.618. The Morgan fingerprint density at radius 2 is 2.18 bits per heavy atom. The van der Waals surface area contributed by atoms with Crippen LogP contribution in [0.3, 0.4) is 0 Å². The van der Waals surface area contributed by atoms with Gasteiger partial charge in [-0.2, -0.15) is 0 Å². The molecule has 0 bridgehead atoms. The summed E-state index contributed by atoms with van der Waals surface area (Å²) in [6.45, 7) is -0.981. The van der Waals surface area contributed by atoms with Gasteiger partial charge in [0.1, 0.15) is 11.3 Å². The fraction of sp³-hybridized carbons (Fsp3) is 0.286. The van der Waals surface area contributed by atoms with Crippen molar-refractivity contribution in [3.63, 3.8) is 0 Å². The van der Waals surface area contributed by atoms with Crippen molar-refractivity contribution in [1.82, 2.24) is 4.98 Å². The van der Waals surface area contributed by atoms with Gasteiger partial charge < -0.3 is 20.0 Å². The van der Waals surface area contributed by atoms with E-state index < -0.39 is 35.0 Å². The molecular weight excluding hydrogens is 360 g/mol. The van der Waals surface area contributed by atoms with Crippen LogP contribution < -0.4 is 4.74 Å². The summed E-state index contributed by atoms with van der Waals surface area (Å²) in [5, 5.41) is 19.4. The topological polar surface area (TPSA) is 85.5 Å². The number of ether oxygens (including phenoxy) is 1. The molecule has 1 rings (SSSR count). The zero-order valence-corrected chi connectivity index (χ0v) is 10.0. The number of nitrogens with zero attached hydrogens (tertiary/aromatic N) is 2. The predicted octanol–water partition coefficient (Wildman–Crippen LogP) is 1.99. The molecule has 0 atom stereocenters. The molecule has 0 fully saturated rings. The molecule has 0 saturated heterocycles. The molecule has 0 spiro atoms. The molecule has 17 heavy (non-hydrogen) atoms. The van der Waals surface area contributed by atoms with E-state index >= 15 is 0 Å². The van der Waals surface area contributed by atoms with Gasteiger partial charge in [-0.1, -0.05) is 0 Å². The molecule has 0 amide bonds. The van der Waals surface area contributed by atoms with Crippen molar-refractivity contribution < 1.29 is 27.9 Å². The number of hydrogen-bond acceptors (Lipinski definition) is 5. The summed E-state index contributed by atoms with van der Waals surface area (Å²) in [7, 11) is 0. The van der Waals surface area contributed by atoms with Gasteiger partial charge in [0.15, 0.2) is 0 Å². The van der Waals surface area contributed by atoms with Crippen molar-refractivity contribution in [2.45, 2.75) is 13.0 Å². The van der Waals surface area contributed by atoms with Crippen molar-refractivity contribution in [2.24, 2.45) is 0 Å². The summed E-state index contributed by atoms with van der Waals surface area (Å²) >= 11 is 1.50. The molecule has 1 aromatic heterocycles. The molecule has 0 aliphatic carbocycles. The third kappa shape index (κ3) is 3.66. The molecule has 94 valence electrons. The number of aliphatic hydroxyl groups excluding tert-OH is 1. The second kappa shape index (κ2) is 5.00. The predicted molar refractivity (Wildman–Crippen MR) is 56.2 cm³/mol. The zero-order chi connectivity index (χ0) is 13.2. The first-order valence-corrected chi connectivity index (χ1v) is 5.03. The van der Waals surface area contributed by atoms with Crippen molar-refractivity contribution in [2.75, 3.05) is 0 Å². The van der Waals surface area contributed by atoms with Crippen LogP contribution in [-0.4, -0.2) is 21.4 Å². The van der Waals surface area contributed by atoms with Crippen LogP contribution in [0.15, 0.2) is 6.07 Å². The maximum Gasteiger partial charge on any atom is 0.573 e. The molecule has 0 radical (unpaired) electrons. The Kier molecular flexibility index (Phi) is 4.08. The molecular formula is C7H4F3IN2O4. The average Bonchev–Trinajstić information content (AvgIpc) is 2.14. The third-order valence-electron chi connectivity index (χ3n) is 1.59. The van der Waals surface area contributed by atoms with Crippen molar-refractivity contribution in [3.8, 4) is 5.75 Å². The first kappa shape index (κ1) is 13.9. The highest BCUT2D eigenvalue weighted by Crippen LogP contribution is 2.32. The Morgan fingerprint density at radius 3 is 2.59 bits per heavy atom. The highest BCUT2D eigenvalue weighted by molar-refractivity contribution is 14.1. The highest BCUT2D eigenvalue weighted by atomic mass is 127. The zero-order valence-electron chi connectivity index (χ0n) is 7.86. The number of aromatic nitrogens is 1. The fourth-order valence-electron chi connectivity index (χ4n) is 1.02. The lowest BCUT2D eigenvalue weighted by Crippen LogP contribution is -2.19. The molecule has 0 aliphatic rings. The molecule has 0 aliphatic heterocycles. The minimum Gasteiger partial charge on any atom is -0.405 e. The summed E-state index contributed by atoms with van der Waals surface area (Å²) in [6, 6.07) is 0.854. The van der Waals surface area contributed by atoms with Gasteiger partial charge in [-0.15, -0.1) is 13.2 Å². The first-order chi connectivity index (χ1) is 7.74. The molecule has 1 heterocycles. The second-order valence-corrected chi connectivity index (χ2v) is 3.81. The lowest BCUT2D eigenvalue weighted by molar-refractivity contribution is -0.391. The average molecular weight is 364 g/mol. The van der Waals surface area contributed by atoms with Crippen LogP contribution in [0.25, 0.3) is 0 Å². The minimum atomic E-state index is -5.00. The second-order valence-electron chi connectivity index (χ2n) is 2.71. The fourth-order valence-corrected chi connectivity index (χ4v) is 1.53. The Balaban J connectivity index is 3.33. The van der Waals surface area contributed by atoms with E-state index in [0.29, 0.717) is 0 Å². The number of rotatable bonds is 3. The van der Waals surface area contributed by atoms with Crippen LogP contribution in [0, 0.1) is 13.8 Å². The van der Waals surface area contributed by atoms with Crippen LogP contribution in [-0.2, 0) is 6.61 Å². The van der Waals surface area contributed by atoms with Crippen LogP contribution in [0.1, 0.15) is 5.56 Å². The van der Waals surface area contributed by atoms with Gasteiger partial charge in [-0.05, 0) is 9.91 Å². The maximum atomic E-state index is 12.0. The van der Waals surface area contributed by atoms with E-state index in [1.54, 1.807) is 0 Å². The first-order valence-electron chi connectivity index (χ1n) is 3.95. The monoisotopic (exact) mass is 364 g/mol. The minimum absolute atomic E-state index is 0.0502. The number of nitro groups is 1. The number of alkyl halides is 3. The van der Waals surface area contributed by atoms with Gasteiger partial charge in [0.2, 0.25) is 3.70 Å². The van der Waals surface area contributed by atoms with Crippen molar-refractivity contribution in [1.29, 1.82) is 0 Å². The lowest BCUT2D eigenvalue weighted by atomic mass is 10.2. The molecule has 0 aromatic carbocycles. The van der Waals surface area contributed by atoms with E-state index in [1.165, 1.54) is 22.6 Å². The standard InChI is InChI=1S/C7H4F3IN2O4/c8-7(9,10)17-4-1-5(11)12-6(13(15)16)3(4)2-14/h1,14H,2H2. The third-order valence-corrected chi connectivity index (χ3v) is 2.14. The van der Waals surface area contributed by atoms with Gasteiger partial charge >= 0.3 is 12.2 Å². The summed E-state index contributed by atoms with van der Waals surface area (Å²) < 4.78 is 39.6. The number of halogens is 4. The molecule has 6 nitrogen and oxygen atoms in total. The lowest BCUT2D eigenvalue weighted by Gasteiger charge is -2.11. The Hall–Kier alpha value is -1.17. The normalized spacial score (nSPS) is 11.4. The van der Waals surface area contributed by atoms with Crippen molar-refractivity contribution in [3.05, 3.63) is 25.4 Å². The SMILES string of the molecule is O=[N+]([O-])c1nc(I)cc(OC(F)(F)F)c1CO. The maximum absolute atomic E-state index is 12.0. The molecule has 1 aromatic rings. The van der Waals surface area contributed by atoms with Crippen LogP contribution in [0.2, 0.25) is 0 Å². The molecule has 1 N–H and O–H groups in total. The van der Waals surface area contributed by atoms with E-state index in [1.807, 2.05) is 0 Å². The van der Waals surface area contributed by atoms with E-state index in [9.17, 15) is 23.3 Å². The van der Waals surface area contributed by atoms with Gasteiger partial charge in [-0.25, -0.2) is 0 Å². The van der Waals surface area contributed by atoms with Crippen LogP contribution in [0.5, 0.6) is 5.75 Å². The number of aliphatic hydroxyl groups is 1. The van der Waals surface area contributed by atoms with Crippen LogP contribution >= 0.6 is 22.6 Å². The smallest absolute Gasteiger partial charge is 0.405 e. The Morgan fingerprint density at radius 1 is 1.59 bits per heavy atom. The largest absolute Gasteiger partial charge is 0.573 e. The summed E-state index contributed by atoms with van der Waals surface area (Å²) in [5.74, 6) is -1.69. The van der Waals surface area contributed by atoms with Gasteiger partial charge in [0.25, 0.3) is 0 Å². The summed E-state index contributed by atoms with van der Waals surface area (Å²) in [4.78, 5) is 13.0. The van der Waals surface area contributed by atoms with E-state index in [0.717, 1.165) is 6.07 Å². The van der Waals surface area contributed by atoms with Gasteiger partial charge in [-0.3, -0.25) is 0 Å². The molecule has 10 heteroatoms. The Labute approximate surface area is 106 Å². The van der Waals surface area contributed by atoms with Crippen molar-refractivity contribution >= 4 is 28.4 Å². The van der Waals surface area contributed by atoms with Crippen LogP contribution in [0.4, 0.5) is 19.0 Å². The number of hydrogen-bond donors (Lipinski definition) is 1. The van der Waals surface area contributed by atoms with Gasteiger partial charge in [0, 0.05) is 28.7 Å². The van der Waals surface area contributed by atoms with E-state index in [2.05, 4.69) is 9.72 Å². The molecule has 0 unspecified atom stereocenters. The quantitative estimate of drug-likeness (QED) is 0.384. The summed E-state index contributed by atoms with van der Waals surface area (Å²) in [6.07, 6.45) is -5.00. The van der Waals surface area contributed by atoms with Gasteiger partial charge in [0.05, 0.1) is 6.61 Å². The number of pyridine rings is 1. The highest BCUT2D eigenvalue weighted by Gasteiger charge is 2.34. The molecule has 0 saturated carbocycles. The van der Waals surface area contributed by atoms with E-state index in [4.69, 9.17) is 5.11 Å². The Bertz CT molecular complexity index is 451. The van der Waals surface area contributed by atoms with E-state index in [-0.39, 0.29) is 3.70 Å².